The van der Waals surface area contributed by atoms with Gasteiger partial charge in [0, 0.05) is 26.2 Å². The predicted octanol–water partition coefficient (Wildman–Crippen LogP) is 2.42. The fourth-order valence-electron chi connectivity index (χ4n) is 3.40. The van der Waals surface area contributed by atoms with E-state index in [0.717, 1.165) is 32.1 Å². The lowest BCUT2D eigenvalue weighted by molar-refractivity contribution is 0.107. The second-order valence-corrected chi connectivity index (χ2v) is 5.29. The minimum Gasteiger partial charge on any atom is -0.468 e. The predicted molar refractivity (Wildman–Crippen MR) is 67.8 cm³/mol. The van der Waals surface area contributed by atoms with E-state index in [4.69, 9.17) is 4.42 Å². The zero-order chi connectivity index (χ0) is 11.5. The summed E-state index contributed by atoms with van der Waals surface area (Å²) in [7, 11) is 0. The molecule has 0 unspecified atom stereocenters. The number of hydrogen-bond donors (Lipinski definition) is 1. The first kappa shape index (κ1) is 11.3. The van der Waals surface area contributed by atoms with Crippen LogP contribution in [0.2, 0.25) is 0 Å². The fraction of sp³-hybridized carbons (Fsp3) is 0.714. The van der Waals surface area contributed by atoms with E-state index in [1.807, 2.05) is 12.3 Å². The summed E-state index contributed by atoms with van der Waals surface area (Å²) in [4.78, 5) is 2.62. The molecule has 0 radical (unpaired) electrons. The number of nitrogens with zero attached hydrogens (tertiary/aromatic N) is 1. The summed E-state index contributed by atoms with van der Waals surface area (Å²) in [5.74, 6) is 1.98. The maximum Gasteiger partial charge on any atom is 0.121 e. The van der Waals surface area contributed by atoms with Gasteiger partial charge in [0.15, 0.2) is 0 Å². The molecule has 17 heavy (non-hydrogen) atoms. The highest BCUT2D eigenvalue weighted by molar-refractivity contribution is 5.07. The topological polar surface area (TPSA) is 28.4 Å². The lowest BCUT2D eigenvalue weighted by atomic mass is 9.94. The van der Waals surface area contributed by atoms with Crippen LogP contribution in [0.15, 0.2) is 22.8 Å². The van der Waals surface area contributed by atoms with Crippen LogP contribution in [-0.2, 0) is 0 Å². The molecule has 1 atom stereocenters. The monoisotopic (exact) mass is 234 g/mol. The van der Waals surface area contributed by atoms with Crippen molar-refractivity contribution in [1.82, 2.24) is 10.2 Å². The minimum atomic E-state index is 0.523. The van der Waals surface area contributed by atoms with Crippen LogP contribution < -0.4 is 5.32 Å². The molecule has 0 spiro atoms. The number of hydrogen-bond acceptors (Lipinski definition) is 3. The average Bonchev–Trinajstić information content (AvgIpc) is 3.04. The summed E-state index contributed by atoms with van der Waals surface area (Å²) < 4.78 is 5.70. The Balaban J connectivity index is 1.79. The Morgan fingerprint density at radius 2 is 2.00 bits per heavy atom. The van der Waals surface area contributed by atoms with Gasteiger partial charge in [0.05, 0.1) is 12.3 Å². The molecule has 1 aliphatic carbocycles. The zero-order valence-corrected chi connectivity index (χ0v) is 10.4. The molecule has 1 aromatic heterocycles. The van der Waals surface area contributed by atoms with Gasteiger partial charge < -0.3 is 9.73 Å². The van der Waals surface area contributed by atoms with Crippen molar-refractivity contribution in [2.24, 2.45) is 5.92 Å². The number of furan rings is 1. The Morgan fingerprint density at radius 1 is 1.24 bits per heavy atom. The molecule has 0 bridgehead atoms. The summed E-state index contributed by atoms with van der Waals surface area (Å²) in [6.07, 6.45) is 7.35. The highest BCUT2D eigenvalue weighted by Gasteiger charge is 2.33. The van der Waals surface area contributed by atoms with Crippen LogP contribution in [0.5, 0.6) is 0 Å². The minimum absolute atomic E-state index is 0.523. The molecule has 1 saturated carbocycles. The largest absolute Gasteiger partial charge is 0.468 e. The molecule has 2 aliphatic rings. The molecule has 0 amide bonds. The first-order chi connectivity index (χ1) is 8.45. The molecule has 3 heteroatoms. The van der Waals surface area contributed by atoms with Gasteiger partial charge in [-0.2, -0.15) is 0 Å². The highest BCUT2D eigenvalue weighted by atomic mass is 16.3. The lowest BCUT2D eigenvalue weighted by Gasteiger charge is -2.37. The summed E-state index contributed by atoms with van der Waals surface area (Å²) >= 11 is 0. The van der Waals surface area contributed by atoms with Crippen LogP contribution in [-0.4, -0.2) is 31.1 Å². The molecule has 1 saturated heterocycles. The molecule has 94 valence electrons. The van der Waals surface area contributed by atoms with Crippen molar-refractivity contribution in [3.63, 3.8) is 0 Å². The van der Waals surface area contributed by atoms with Crippen LogP contribution in [0.3, 0.4) is 0 Å². The molecular formula is C14H22N2O. The summed E-state index contributed by atoms with van der Waals surface area (Å²) in [6, 6.07) is 4.71. The Morgan fingerprint density at radius 3 is 2.65 bits per heavy atom. The van der Waals surface area contributed by atoms with Gasteiger partial charge in [-0.15, -0.1) is 0 Å². The molecule has 2 fully saturated rings. The molecule has 3 nitrogen and oxygen atoms in total. The normalized spacial score (nSPS) is 25.2. The van der Waals surface area contributed by atoms with Crippen molar-refractivity contribution in [2.45, 2.75) is 31.7 Å². The summed E-state index contributed by atoms with van der Waals surface area (Å²) in [5.41, 5.74) is 0. The van der Waals surface area contributed by atoms with Crippen LogP contribution in [0.4, 0.5) is 0 Å². The Hall–Kier alpha value is -0.800. The number of nitrogens with one attached hydrogen (secondary N) is 1. The molecular weight excluding hydrogens is 212 g/mol. The Labute approximate surface area is 103 Å². The van der Waals surface area contributed by atoms with Crippen molar-refractivity contribution in [3.8, 4) is 0 Å². The molecule has 2 heterocycles. The highest BCUT2D eigenvalue weighted by Crippen LogP contribution is 2.39. The first-order valence-electron chi connectivity index (χ1n) is 6.93. The molecule has 1 aromatic rings. The third-order valence-corrected chi connectivity index (χ3v) is 4.23. The molecule has 0 aromatic carbocycles. The van der Waals surface area contributed by atoms with Gasteiger partial charge in [-0.25, -0.2) is 0 Å². The smallest absolute Gasteiger partial charge is 0.121 e. The number of rotatable bonds is 3. The molecule has 1 aliphatic heterocycles. The second-order valence-electron chi connectivity index (χ2n) is 5.29. The van der Waals surface area contributed by atoms with Crippen LogP contribution in [0.1, 0.15) is 37.5 Å². The fourth-order valence-corrected chi connectivity index (χ4v) is 3.40. The van der Waals surface area contributed by atoms with Crippen molar-refractivity contribution in [1.29, 1.82) is 0 Å². The van der Waals surface area contributed by atoms with Crippen LogP contribution >= 0.6 is 0 Å². The first-order valence-corrected chi connectivity index (χ1v) is 6.93. The Kier molecular flexibility index (Phi) is 3.48. The van der Waals surface area contributed by atoms with Crippen molar-refractivity contribution in [3.05, 3.63) is 24.2 Å². The third-order valence-electron chi connectivity index (χ3n) is 4.23. The lowest BCUT2D eigenvalue weighted by Crippen LogP contribution is -2.46. The quantitative estimate of drug-likeness (QED) is 0.870. The van der Waals surface area contributed by atoms with Crippen molar-refractivity contribution < 1.29 is 4.42 Å². The Bertz CT molecular complexity index is 324. The zero-order valence-electron chi connectivity index (χ0n) is 10.4. The van der Waals surface area contributed by atoms with E-state index in [1.165, 1.54) is 31.4 Å². The number of piperazine rings is 1. The second kappa shape index (κ2) is 5.23. The maximum absolute atomic E-state index is 5.70. The maximum atomic E-state index is 5.70. The van der Waals surface area contributed by atoms with Crippen molar-refractivity contribution >= 4 is 0 Å². The summed E-state index contributed by atoms with van der Waals surface area (Å²) in [6.45, 7) is 4.54. The van der Waals surface area contributed by atoms with E-state index in [2.05, 4.69) is 16.3 Å². The van der Waals surface area contributed by atoms with Gasteiger partial charge >= 0.3 is 0 Å². The van der Waals surface area contributed by atoms with Gasteiger partial charge in [-0.3, -0.25) is 4.90 Å². The molecule has 1 N–H and O–H groups in total. The van der Waals surface area contributed by atoms with E-state index in [0.29, 0.717) is 6.04 Å². The van der Waals surface area contributed by atoms with Crippen LogP contribution in [0.25, 0.3) is 0 Å². The van der Waals surface area contributed by atoms with E-state index < -0.39 is 0 Å². The standard InChI is InChI=1S/C14H22N2O/c1-2-5-12(4-1)14(13-6-3-11-17-13)16-9-7-15-8-10-16/h3,6,11-12,14-15H,1-2,4-5,7-10H2/t14-/m0/s1. The van der Waals surface area contributed by atoms with E-state index >= 15 is 0 Å². The third kappa shape index (κ3) is 2.40. The van der Waals surface area contributed by atoms with Gasteiger partial charge in [-0.05, 0) is 30.9 Å². The van der Waals surface area contributed by atoms with Gasteiger partial charge in [-0.1, -0.05) is 12.8 Å². The van der Waals surface area contributed by atoms with Gasteiger partial charge in [0.25, 0.3) is 0 Å². The van der Waals surface area contributed by atoms with Crippen LogP contribution in [0, 0.1) is 5.92 Å². The van der Waals surface area contributed by atoms with Crippen molar-refractivity contribution in [2.75, 3.05) is 26.2 Å². The van der Waals surface area contributed by atoms with Gasteiger partial charge in [0.2, 0.25) is 0 Å². The molecule has 3 rings (SSSR count). The van der Waals surface area contributed by atoms with E-state index in [1.54, 1.807) is 0 Å². The summed E-state index contributed by atoms with van der Waals surface area (Å²) in [5, 5.41) is 3.43. The SMILES string of the molecule is c1coc([C@H](C2CCCC2)N2CCNCC2)c1. The van der Waals surface area contributed by atoms with Gasteiger partial charge in [0.1, 0.15) is 5.76 Å². The van der Waals surface area contributed by atoms with E-state index in [-0.39, 0.29) is 0 Å². The van der Waals surface area contributed by atoms with E-state index in [9.17, 15) is 0 Å². The average molecular weight is 234 g/mol.